The summed E-state index contributed by atoms with van der Waals surface area (Å²) < 4.78 is 14.3. The van der Waals surface area contributed by atoms with E-state index in [9.17, 15) is 0 Å². The number of rotatable bonds is 14. The average molecular weight is 1840 g/mol. The number of nitrogens with zero attached hydrogens (tertiary/aromatic N) is 10. The van der Waals surface area contributed by atoms with Crippen molar-refractivity contribution >= 4 is 131 Å². The standard InChI is InChI=1S/C48H31N3.C46H30N4.C40H27N3/c1-7-19-43-37(13-1)38-14-2-8-20-44(38)49(43)34-27-25-32(26-28-34)33-29-35(50-45-21-9-3-15-39(45)40-16-4-10-22-46(40)50)31-36(30-33)51-47-23-11-5-17-41(47)42-18-6-12-24-48(42)51;1-3-15-31(16-4-1)40-30-41(32-17-5-2-6-18-32)48-46(47-40)33-27-34(49-42-23-11-7-19-36(42)37-20-8-12-24-43(37)49)29-35(28-33)50-44-25-13-9-21-38(44)39-22-10-14-26-45(39)50;1-3-11-30(12-4-1)36-27-37(42-40(41-36)32-13-5-2-6-14-32)31-21-19-28(20-22-31)29-23-25-33(26-24-29)43-38-17-9-7-15-34(38)35-16-8-10-18-39(35)43/h1-31H;1-30H;1-27H. The van der Waals surface area contributed by atoms with Crippen molar-refractivity contribution in [2.24, 2.45) is 0 Å². The molecule has 674 valence electrons. The van der Waals surface area contributed by atoms with Crippen LogP contribution in [0.3, 0.4) is 0 Å². The van der Waals surface area contributed by atoms with E-state index in [0.29, 0.717) is 5.82 Å². The summed E-state index contributed by atoms with van der Waals surface area (Å²) in [6.45, 7) is 0. The zero-order valence-corrected chi connectivity index (χ0v) is 78.3. The molecule has 0 aliphatic heterocycles. The van der Waals surface area contributed by atoms with Gasteiger partial charge in [-0.1, -0.05) is 388 Å². The van der Waals surface area contributed by atoms with Crippen LogP contribution < -0.4 is 0 Å². The van der Waals surface area contributed by atoms with Crippen molar-refractivity contribution in [2.45, 2.75) is 0 Å². The molecule has 21 aromatic carbocycles. The summed E-state index contributed by atoms with van der Waals surface area (Å²) in [6.07, 6.45) is 0. The first kappa shape index (κ1) is 83.9. The number of hydrogen-bond acceptors (Lipinski definition) is 4. The molecule has 0 aliphatic carbocycles. The molecule has 29 aromatic rings. The third-order valence-electron chi connectivity index (χ3n) is 28.4. The molecule has 29 rings (SSSR count). The molecule has 8 aromatic heterocycles. The fourth-order valence-electron chi connectivity index (χ4n) is 21.8. The van der Waals surface area contributed by atoms with Crippen LogP contribution in [0.5, 0.6) is 0 Å². The summed E-state index contributed by atoms with van der Waals surface area (Å²) >= 11 is 0. The predicted octanol–water partition coefficient (Wildman–Crippen LogP) is 34.6. The normalized spacial score (nSPS) is 11.6. The Morgan fingerprint density at radius 3 is 0.493 bits per heavy atom. The number of para-hydroxylation sites is 12. The zero-order valence-electron chi connectivity index (χ0n) is 78.3. The SMILES string of the molecule is c1ccc(-c2cc(-c3ccc(-c4ccc(-n5c6ccccc6c6ccccc65)cc4)cc3)nc(-c3ccccc3)n2)cc1.c1ccc(-c2cc(-c3ccccc3)nc(-c3cc(-n4c5ccccc5c5ccccc54)cc(-n4c5ccccc5c5ccccc54)c3)n2)cc1.c1ccc2c(c1)c1ccccc1n2-c1ccc(-c2cc(-n3c4ccccc4c4ccccc43)cc(-n3c4ccccc4c4ccccc43)c2)cc1. The van der Waals surface area contributed by atoms with Gasteiger partial charge in [0.1, 0.15) is 0 Å². The molecule has 0 radical (unpaired) electrons. The van der Waals surface area contributed by atoms with Crippen LogP contribution in [-0.4, -0.2) is 47.3 Å². The van der Waals surface area contributed by atoms with Crippen LogP contribution in [0.2, 0.25) is 0 Å². The minimum Gasteiger partial charge on any atom is -0.309 e. The molecule has 0 N–H and O–H groups in total. The highest BCUT2D eigenvalue weighted by Gasteiger charge is 2.25. The second-order valence-electron chi connectivity index (χ2n) is 36.8. The molecule has 0 fully saturated rings. The van der Waals surface area contributed by atoms with Crippen LogP contribution in [0.4, 0.5) is 0 Å². The first-order valence-electron chi connectivity index (χ1n) is 49.0. The van der Waals surface area contributed by atoms with Gasteiger partial charge in [0.15, 0.2) is 11.6 Å². The summed E-state index contributed by atoms with van der Waals surface area (Å²) in [5, 5.41) is 15.0. The molecule has 0 atom stereocenters. The van der Waals surface area contributed by atoms with Crippen LogP contribution in [0.25, 0.3) is 255 Å². The van der Waals surface area contributed by atoms with Crippen molar-refractivity contribution in [1.82, 2.24) is 47.3 Å². The number of benzene rings is 21. The Morgan fingerprint density at radius 2 is 0.264 bits per heavy atom. The zero-order chi connectivity index (χ0) is 95.1. The van der Waals surface area contributed by atoms with Gasteiger partial charge >= 0.3 is 0 Å². The predicted molar refractivity (Wildman–Crippen MR) is 600 cm³/mol. The third kappa shape index (κ3) is 14.7. The molecule has 0 saturated carbocycles. The molecule has 0 amide bonds. The molecule has 0 aliphatic rings. The lowest BCUT2D eigenvalue weighted by molar-refractivity contribution is 1.12. The Morgan fingerprint density at radius 1 is 0.104 bits per heavy atom. The highest BCUT2D eigenvalue weighted by atomic mass is 15.0. The maximum atomic E-state index is 5.26. The lowest BCUT2D eigenvalue weighted by atomic mass is 10.0. The highest BCUT2D eigenvalue weighted by molar-refractivity contribution is 6.15. The maximum Gasteiger partial charge on any atom is 0.160 e. The van der Waals surface area contributed by atoms with Crippen LogP contribution in [0.15, 0.2) is 534 Å². The second-order valence-corrected chi connectivity index (χ2v) is 36.8. The van der Waals surface area contributed by atoms with Gasteiger partial charge in [-0.25, -0.2) is 19.9 Å². The highest BCUT2D eigenvalue weighted by Crippen LogP contribution is 2.45. The van der Waals surface area contributed by atoms with Crippen LogP contribution >= 0.6 is 0 Å². The molecule has 144 heavy (non-hydrogen) atoms. The van der Waals surface area contributed by atoms with E-state index in [1.807, 2.05) is 48.5 Å². The largest absolute Gasteiger partial charge is 0.309 e. The molecule has 0 bridgehead atoms. The first-order valence-corrected chi connectivity index (χ1v) is 49.0. The van der Waals surface area contributed by atoms with E-state index in [1.54, 1.807) is 0 Å². The summed E-state index contributed by atoms with van der Waals surface area (Å²) in [4.78, 5) is 20.4. The van der Waals surface area contributed by atoms with E-state index >= 15 is 0 Å². The van der Waals surface area contributed by atoms with Crippen molar-refractivity contribution in [3.63, 3.8) is 0 Å². The first-order chi connectivity index (χ1) is 71.4. The lowest BCUT2D eigenvalue weighted by Gasteiger charge is -2.16. The molecule has 10 heteroatoms. The van der Waals surface area contributed by atoms with E-state index in [4.69, 9.17) is 19.9 Å². The van der Waals surface area contributed by atoms with Gasteiger partial charge in [0.05, 0.1) is 89.0 Å². The van der Waals surface area contributed by atoms with Crippen LogP contribution in [0.1, 0.15) is 0 Å². The minimum absolute atomic E-state index is 0.676. The average Bonchev–Trinajstić information content (AvgIpc) is 1.56. The second kappa shape index (κ2) is 35.5. The topological polar surface area (TPSA) is 81.1 Å². The van der Waals surface area contributed by atoms with E-state index in [0.717, 1.165) is 124 Å². The maximum absolute atomic E-state index is 5.26. The molecule has 10 nitrogen and oxygen atoms in total. The molecular weight excluding hydrogens is 1750 g/mol. The molecular formula is C134H88N10. The van der Waals surface area contributed by atoms with Crippen LogP contribution in [0, 0.1) is 0 Å². The van der Waals surface area contributed by atoms with Crippen molar-refractivity contribution in [1.29, 1.82) is 0 Å². The van der Waals surface area contributed by atoms with E-state index in [-0.39, 0.29) is 0 Å². The van der Waals surface area contributed by atoms with Gasteiger partial charge in [0.2, 0.25) is 0 Å². The summed E-state index contributed by atoms with van der Waals surface area (Å²) in [5.74, 6) is 1.40. The van der Waals surface area contributed by atoms with Crippen molar-refractivity contribution in [2.75, 3.05) is 0 Å². The van der Waals surface area contributed by atoms with Gasteiger partial charge in [-0.15, -0.1) is 0 Å². The van der Waals surface area contributed by atoms with Gasteiger partial charge in [0, 0.05) is 132 Å². The molecule has 0 saturated heterocycles. The Labute approximate surface area is 830 Å². The van der Waals surface area contributed by atoms with Gasteiger partial charge in [0.25, 0.3) is 0 Å². The van der Waals surface area contributed by atoms with E-state index < -0.39 is 0 Å². The van der Waals surface area contributed by atoms with Gasteiger partial charge in [-0.2, -0.15) is 0 Å². The lowest BCUT2D eigenvalue weighted by Crippen LogP contribution is -2.02. The fourth-order valence-corrected chi connectivity index (χ4v) is 21.8. The monoisotopic (exact) mass is 1840 g/mol. The van der Waals surface area contributed by atoms with Crippen molar-refractivity contribution < 1.29 is 0 Å². The Kier molecular flexibility index (Phi) is 20.7. The third-order valence-corrected chi connectivity index (χ3v) is 28.4. The van der Waals surface area contributed by atoms with Crippen LogP contribution in [-0.2, 0) is 0 Å². The van der Waals surface area contributed by atoms with Gasteiger partial charge < -0.3 is 27.4 Å². The molecule has 8 heterocycles. The quantitative estimate of drug-likeness (QED) is 0.109. The summed E-state index contributed by atoms with van der Waals surface area (Å²) in [6, 6.07) is 190. The molecule has 0 spiro atoms. The Bertz CT molecular complexity index is 9300. The smallest absolute Gasteiger partial charge is 0.160 e. The van der Waals surface area contributed by atoms with Crippen molar-refractivity contribution in [3.05, 3.63) is 534 Å². The minimum atomic E-state index is 0.676. The van der Waals surface area contributed by atoms with Gasteiger partial charge in [-0.3, -0.25) is 0 Å². The number of hydrogen-bond donors (Lipinski definition) is 0. The van der Waals surface area contributed by atoms with Crippen molar-refractivity contribution in [3.8, 4) is 124 Å². The fraction of sp³-hybridized carbons (Fsp3) is 0. The number of aromatic nitrogens is 10. The van der Waals surface area contributed by atoms with Gasteiger partial charge in [-0.05, 0) is 168 Å². The molecule has 0 unspecified atom stereocenters. The van der Waals surface area contributed by atoms with E-state index in [1.165, 1.54) is 125 Å². The summed E-state index contributed by atoms with van der Waals surface area (Å²) in [5.41, 5.74) is 35.4. The Hall–Kier alpha value is -19.4. The van der Waals surface area contributed by atoms with E-state index in [2.05, 4.69) is 513 Å². The summed E-state index contributed by atoms with van der Waals surface area (Å²) in [7, 11) is 0. The Balaban J connectivity index is 0.000000108. The number of fused-ring (bicyclic) bond motifs is 18.